The zero-order chi connectivity index (χ0) is 16.6. The molecule has 1 aromatic carbocycles. The highest BCUT2D eigenvalue weighted by atomic mass is 32.2. The normalized spacial score (nSPS) is 13.2. The first kappa shape index (κ1) is 18.3. The number of hydrogen-bond acceptors (Lipinski definition) is 5. The van der Waals surface area contributed by atoms with Crippen molar-refractivity contribution in [1.82, 2.24) is 5.32 Å². The molecule has 0 heterocycles. The van der Waals surface area contributed by atoms with Gasteiger partial charge in [0, 0.05) is 32.9 Å². The molecule has 0 fully saturated rings. The molecule has 1 amide bonds. The molecule has 1 aromatic rings. The number of amides is 1. The molecule has 0 radical (unpaired) electrons. The number of sulfone groups is 1. The molecule has 1 unspecified atom stereocenters. The summed E-state index contributed by atoms with van der Waals surface area (Å²) in [7, 11) is -1.83. The van der Waals surface area contributed by atoms with Crippen molar-refractivity contribution in [2.45, 2.75) is 17.4 Å². The summed E-state index contributed by atoms with van der Waals surface area (Å²) in [5.41, 5.74) is 6.03. The molecule has 1 atom stereocenters. The standard InChI is InChI=1S/C15H22N2O4S/c1-21-14(15(18)17-9-4-3-8-16)11-12-6-5-7-13(10-12)22(2,19)20/h3-7,10,14H,8-9,11,16H2,1-2H3,(H,17,18). The lowest BCUT2D eigenvalue weighted by Gasteiger charge is -2.15. The lowest BCUT2D eigenvalue weighted by molar-refractivity contribution is -0.130. The van der Waals surface area contributed by atoms with Crippen molar-refractivity contribution in [3.63, 3.8) is 0 Å². The Balaban J connectivity index is 2.74. The van der Waals surface area contributed by atoms with Crippen LogP contribution < -0.4 is 11.1 Å². The maximum absolute atomic E-state index is 12.0. The molecule has 0 aromatic heterocycles. The van der Waals surface area contributed by atoms with E-state index in [4.69, 9.17) is 10.5 Å². The van der Waals surface area contributed by atoms with Crippen molar-refractivity contribution in [2.75, 3.05) is 26.5 Å². The molecule has 3 N–H and O–H groups in total. The van der Waals surface area contributed by atoms with Gasteiger partial charge in [-0.05, 0) is 17.7 Å². The van der Waals surface area contributed by atoms with Gasteiger partial charge in [-0.1, -0.05) is 24.3 Å². The van der Waals surface area contributed by atoms with Crippen LogP contribution in [0.4, 0.5) is 0 Å². The number of nitrogens with one attached hydrogen (secondary N) is 1. The zero-order valence-corrected chi connectivity index (χ0v) is 13.6. The Labute approximate surface area is 131 Å². The average molecular weight is 326 g/mol. The highest BCUT2D eigenvalue weighted by molar-refractivity contribution is 7.90. The summed E-state index contributed by atoms with van der Waals surface area (Å²) in [5.74, 6) is -0.256. The minimum Gasteiger partial charge on any atom is -0.371 e. The lowest BCUT2D eigenvalue weighted by Crippen LogP contribution is -2.37. The zero-order valence-electron chi connectivity index (χ0n) is 12.8. The van der Waals surface area contributed by atoms with Crippen molar-refractivity contribution in [1.29, 1.82) is 0 Å². The maximum atomic E-state index is 12.0. The first-order chi connectivity index (χ1) is 10.4. The van der Waals surface area contributed by atoms with E-state index in [-0.39, 0.29) is 10.8 Å². The summed E-state index contributed by atoms with van der Waals surface area (Å²) < 4.78 is 28.3. The molecule has 1 rings (SSSR count). The number of methoxy groups -OCH3 is 1. The van der Waals surface area contributed by atoms with Gasteiger partial charge in [0.25, 0.3) is 0 Å². The Kier molecular flexibility index (Phi) is 7.23. The molecule has 0 spiro atoms. The van der Waals surface area contributed by atoms with E-state index >= 15 is 0 Å². The molecule has 0 aliphatic heterocycles. The third-order valence-corrected chi connectivity index (χ3v) is 4.13. The Bertz CT molecular complexity index is 626. The van der Waals surface area contributed by atoms with Crippen LogP contribution in [0.25, 0.3) is 0 Å². The maximum Gasteiger partial charge on any atom is 0.249 e. The van der Waals surface area contributed by atoms with Crippen LogP contribution in [0.5, 0.6) is 0 Å². The molecule has 0 bridgehead atoms. The van der Waals surface area contributed by atoms with Crippen molar-refractivity contribution >= 4 is 15.7 Å². The van der Waals surface area contributed by atoms with Crippen LogP contribution in [0, 0.1) is 0 Å². The van der Waals surface area contributed by atoms with Crippen molar-refractivity contribution in [3.05, 3.63) is 42.0 Å². The molecule has 22 heavy (non-hydrogen) atoms. The quantitative estimate of drug-likeness (QED) is 0.669. The molecule has 0 saturated heterocycles. The summed E-state index contributed by atoms with van der Waals surface area (Å²) in [4.78, 5) is 12.2. The first-order valence-corrected chi connectivity index (χ1v) is 8.72. The Morgan fingerprint density at radius 1 is 1.41 bits per heavy atom. The van der Waals surface area contributed by atoms with E-state index in [9.17, 15) is 13.2 Å². The molecule has 0 aliphatic rings. The molecule has 6 nitrogen and oxygen atoms in total. The number of hydrogen-bond donors (Lipinski definition) is 2. The largest absolute Gasteiger partial charge is 0.371 e. The number of nitrogens with two attached hydrogens (primary N) is 1. The number of carbonyl (C=O) groups is 1. The third kappa shape index (κ3) is 5.97. The summed E-state index contributed by atoms with van der Waals surface area (Å²) in [6.07, 6.45) is 4.27. The Morgan fingerprint density at radius 2 is 2.14 bits per heavy atom. The summed E-state index contributed by atoms with van der Waals surface area (Å²) in [5, 5.41) is 2.71. The van der Waals surface area contributed by atoms with Crippen molar-refractivity contribution in [3.8, 4) is 0 Å². The molecule has 7 heteroatoms. The fourth-order valence-corrected chi connectivity index (χ4v) is 2.54. The predicted molar refractivity (Wildman–Crippen MR) is 85.3 cm³/mol. The van der Waals surface area contributed by atoms with E-state index in [1.54, 1.807) is 30.4 Å². The molecule has 0 saturated carbocycles. The molecular formula is C15H22N2O4S. The average Bonchev–Trinajstić information content (AvgIpc) is 2.48. The van der Waals surface area contributed by atoms with Crippen LogP contribution in [0.1, 0.15) is 5.56 Å². The molecular weight excluding hydrogens is 304 g/mol. The monoisotopic (exact) mass is 326 g/mol. The molecule has 122 valence electrons. The van der Waals surface area contributed by atoms with Crippen molar-refractivity contribution < 1.29 is 17.9 Å². The van der Waals surface area contributed by atoms with Gasteiger partial charge in [0.15, 0.2) is 9.84 Å². The number of carbonyl (C=O) groups excluding carboxylic acids is 1. The van der Waals surface area contributed by atoms with Gasteiger partial charge in [0.1, 0.15) is 6.10 Å². The van der Waals surface area contributed by atoms with Crippen LogP contribution in [0.3, 0.4) is 0 Å². The van der Waals surface area contributed by atoms with Crippen molar-refractivity contribution in [2.24, 2.45) is 5.73 Å². The van der Waals surface area contributed by atoms with Gasteiger partial charge >= 0.3 is 0 Å². The third-order valence-electron chi connectivity index (χ3n) is 3.02. The number of rotatable bonds is 8. The minimum absolute atomic E-state index is 0.228. The summed E-state index contributed by atoms with van der Waals surface area (Å²) in [6, 6.07) is 6.50. The summed E-state index contributed by atoms with van der Waals surface area (Å²) in [6.45, 7) is 0.793. The van der Waals surface area contributed by atoms with Gasteiger partial charge in [0.05, 0.1) is 4.90 Å². The lowest BCUT2D eigenvalue weighted by atomic mass is 10.1. The van der Waals surface area contributed by atoms with Crippen LogP contribution >= 0.6 is 0 Å². The topological polar surface area (TPSA) is 98.5 Å². The van der Waals surface area contributed by atoms with E-state index < -0.39 is 15.9 Å². The molecule has 0 aliphatic carbocycles. The van der Waals surface area contributed by atoms with Gasteiger partial charge in [-0.15, -0.1) is 0 Å². The van der Waals surface area contributed by atoms with E-state index in [2.05, 4.69) is 5.32 Å². The SMILES string of the molecule is COC(Cc1cccc(S(C)(=O)=O)c1)C(=O)NCC=CCN. The van der Waals surface area contributed by atoms with E-state index in [0.29, 0.717) is 19.5 Å². The van der Waals surface area contributed by atoms with Crippen LogP contribution in [0.2, 0.25) is 0 Å². The van der Waals surface area contributed by atoms with E-state index in [1.165, 1.54) is 13.2 Å². The second-order valence-corrected chi connectivity index (χ2v) is 6.82. The fourth-order valence-electron chi connectivity index (χ4n) is 1.85. The summed E-state index contributed by atoms with van der Waals surface area (Å²) >= 11 is 0. The number of ether oxygens (including phenoxy) is 1. The minimum atomic E-state index is -3.27. The highest BCUT2D eigenvalue weighted by Crippen LogP contribution is 2.13. The van der Waals surface area contributed by atoms with Gasteiger partial charge in [-0.3, -0.25) is 4.79 Å². The second-order valence-electron chi connectivity index (χ2n) is 4.80. The highest BCUT2D eigenvalue weighted by Gasteiger charge is 2.18. The number of benzene rings is 1. The Morgan fingerprint density at radius 3 is 2.73 bits per heavy atom. The predicted octanol–water partition coefficient (Wildman–Crippen LogP) is 0.279. The van der Waals surface area contributed by atoms with Gasteiger partial charge in [-0.25, -0.2) is 8.42 Å². The van der Waals surface area contributed by atoms with Crippen LogP contribution in [-0.2, 0) is 25.8 Å². The first-order valence-electron chi connectivity index (χ1n) is 6.83. The van der Waals surface area contributed by atoms with Gasteiger partial charge in [-0.2, -0.15) is 0 Å². The Hall–Kier alpha value is -1.70. The van der Waals surface area contributed by atoms with Gasteiger partial charge in [0.2, 0.25) is 5.91 Å². The fraction of sp³-hybridized carbons (Fsp3) is 0.400. The van der Waals surface area contributed by atoms with E-state index in [1.807, 2.05) is 0 Å². The smallest absolute Gasteiger partial charge is 0.249 e. The van der Waals surface area contributed by atoms with Crippen LogP contribution in [0.15, 0.2) is 41.3 Å². The van der Waals surface area contributed by atoms with Crippen LogP contribution in [-0.4, -0.2) is 46.9 Å². The van der Waals surface area contributed by atoms with Gasteiger partial charge < -0.3 is 15.8 Å². The second kappa shape index (κ2) is 8.67. The van der Waals surface area contributed by atoms with E-state index in [0.717, 1.165) is 11.8 Å².